The van der Waals surface area contributed by atoms with Crippen molar-refractivity contribution >= 4 is 11.6 Å². The van der Waals surface area contributed by atoms with Crippen LogP contribution in [0.4, 0.5) is 5.69 Å². The number of carbonyl (C=O) groups is 1. The Morgan fingerprint density at radius 1 is 1.03 bits per heavy atom. The van der Waals surface area contributed by atoms with Crippen molar-refractivity contribution in [3.8, 4) is 0 Å². The minimum Gasteiger partial charge on any atom is -0.368 e. The van der Waals surface area contributed by atoms with Crippen molar-refractivity contribution in [1.29, 1.82) is 0 Å². The SMILES string of the molecule is Cc1ccc(N2CC3CCC(C2)N3C)cc1C(=O)NC1(c2cccc(C(C)(C)C)c2)CC1. The maximum Gasteiger partial charge on any atom is 0.252 e. The van der Waals surface area contributed by atoms with E-state index in [1.165, 1.54) is 29.7 Å². The summed E-state index contributed by atoms with van der Waals surface area (Å²) >= 11 is 0. The first kappa shape index (κ1) is 21.5. The molecule has 2 unspecified atom stereocenters. The van der Waals surface area contributed by atoms with Gasteiger partial charge in [-0.05, 0) is 73.9 Å². The molecule has 4 nitrogen and oxygen atoms in total. The van der Waals surface area contributed by atoms with Gasteiger partial charge in [-0.2, -0.15) is 0 Å². The Kier molecular flexibility index (Phi) is 5.12. The predicted octanol–water partition coefficient (Wildman–Crippen LogP) is 4.99. The Morgan fingerprint density at radius 2 is 1.72 bits per heavy atom. The van der Waals surface area contributed by atoms with Crippen LogP contribution in [-0.4, -0.2) is 43.0 Å². The van der Waals surface area contributed by atoms with Gasteiger partial charge < -0.3 is 10.2 Å². The normalized spacial score (nSPS) is 24.5. The summed E-state index contributed by atoms with van der Waals surface area (Å²) in [6.45, 7) is 10.9. The number of nitrogens with zero attached hydrogens (tertiary/aromatic N) is 2. The van der Waals surface area contributed by atoms with Crippen LogP contribution in [0.2, 0.25) is 0 Å². The first-order chi connectivity index (χ1) is 15.2. The van der Waals surface area contributed by atoms with Gasteiger partial charge in [0.05, 0.1) is 5.54 Å². The molecule has 0 aromatic heterocycles. The average Bonchev–Trinajstić information content (AvgIpc) is 3.51. The number of anilines is 1. The van der Waals surface area contributed by atoms with E-state index >= 15 is 0 Å². The van der Waals surface area contributed by atoms with Crippen molar-refractivity contribution in [3.63, 3.8) is 0 Å². The van der Waals surface area contributed by atoms with Crippen LogP contribution in [0.25, 0.3) is 0 Å². The number of nitrogens with one attached hydrogen (secondary N) is 1. The molecule has 5 rings (SSSR count). The van der Waals surface area contributed by atoms with E-state index in [2.05, 4.69) is 85.4 Å². The van der Waals surface area contributed by atoms with Gasteiger partial charge in [-0.1, -0.05) is 51.1 Å². The fraction of sp³-hybridized carbons (Fsp3) is 0.536. The van der Waals surface area contributed by atoms with E-state index in [0.717, 1.165) is 37.1 Å². The van der Waals surface area contributed by atoms with Crippen LogP contribution in [0.15, 0.2) is 42.5 Å². The number of fused-ring (bicyclic) bond motifs is 2. The number of hydrogen-bond donors (Lipinski definition) is 1. The van der Waals surface area contributed by atoms with Gasteiger partial charge in [-0.3, -0.25) is 9.69 Å². The maximum absolute atomic E-state index is 13.5. The van der Waals surface area contributed by atoms with Crippen LogP contribution >= 0.6 is 0 Å². The summed E-state index contributed by atoms with van der Waals surface area (Å²) < 4.78 is 0. The van der Waals surface area contributed by atoms with E-state index in [4.69, 9.17) is 0 Å². The molecule has 2 atom stereocenters. The highest BCUT2D eigenvalue weighted by molar-refractivity contribution is 5.97. The molecule has 170 valence electrons. The van der Waals surface area contributed by atoms with Gasteiger partial charge in [0, 0.05) is 36.4 Å². The highest BCUT2D eigenvalue weighted by atomic mass is 16.1. The molecular formula is C28H37N3O. The van der Waals surface area contributed by atoms with Crippen LogP contribution in [-0.2, 0) is 11.0 Å². The van der Waals surface area contributed by atoms with Crippen molar-refractivity contribution in [3.05, 3.63) is 64.7 Å². The second-order valence-corrected chi connectivity index (χ2v) is 11.3. The summed E-state index contributed by atoms with van der Waals surface area (Å²) in [4.78, 5) is 18.5. The number of amides is 1. The number of rotatable bonds is 4. The van der Waals surface area contributed by atoms with Crippen LogP contribution in [0, 0.1) is 6.92 Å². The second-order valence-electron chi connectivity index (χ2n) is 11.3. The molecule has 1 N–H and O–H groups in total. The number of piperazine rings is 1. The minimum atomic E-state index is -0.215. The molecule has 2 heterocycles. The maximum atomic E-state index is 13.5. The van der Waals surface area contributed by atoms with Gasteiger partial charge in [-0.25, -0.2) is 0 Å². The summed E-state index contributed by atoms with van der Waals surface area (Å²) in [6.07, 6.45) is 4.58. The molecule has 3 aliphatic rings. The summed E-state index contributed by atoms with van der Waals surface area (Å²) in [5, 5.41) is 3.42. The quantitative estimate of drug-likeness (QED) is 0.740. The van der Waals surface area contributed by atoms with E-state index in [1.54, 1.807) is 0 Å². The first-order valence-electron chi connectivity index (χ1n) is 12.2. The summed E-state index contributed by atoms with van der Waals surface area (Å²) in [5.41, 5.74) is 5.48. The summed E-state index contributed by atoms with van der Waals surface area (Å²) in [6, 6.07) is 16.5. The van der Waals surface area contributed by atoms with Crippen molar-refractivity contribution in [2.24, 2.45) is 0 Å². The number of hydrogen-bond acceptors (Lipinski definition) is 3. The topological polar surface area (TPSA) is 35.6 Å². The zero-order valence-corrected chi connectivity index (χ0v) is 20.2. The van der Waals surface area contributed by atoms with Crippen molar-refractivity contribution in [1.82, 2.24) is 10.2 Å². The van der Waals surface area contributed by atoms with Crippen molar-refractivity contribution < 1.29 is 4.79 Å². The number of carbonyl (C=O) groups excluding carboxylic acids is 1. The zero-order valence-electron chi connectivity index (χ0n) is 20.2. The number of aryl methyl sites for hydroxylation is 1. The molecule has 0 spiro atoms. The number of benzene rings is 2. The van der Waals surface area contributed by atoms with E-state index in [-0.39, 0.29) is 16.9 Å². The molecule has 0 radical (unpaired) electrons. The summed E-state index contributed by atoms with van der Waals surface area (Å²) in [7, 11) is 2.26. The Labute approximate surface area is 193 Å². The van der Waals surface area contributed by atoms with Gasteiger partial charge >= 0.3 is 0 Å². The third-order valence-electron chi connectivity index (χ3n) is 8.06. The van der Waals surface area contributed by atoms with Crippen LogP contribution in [0.5, 0.6) is 0 Å². The van der Waals surface area contributed by atoms with E-state index in [9.17, 15) is 4.79 Å². The van der Waals surface area contributed by atoms with Gasteiger partial charge in [-0.15, -0.1) is 0 Å². The van der Waals surface area contributed by atoms with Gasteiger partial charge in [0.2, 0.25) is 0 Å². The Bertz CT molecular complexity index is 1020. The second kappa shape index (κ2) is 7.62. The molecule has 2 saturated heterocycles. The highest BCUT2D eigenvalue weighted by Crippen LogP contribution is 2.46. The molecule has 2 aromatic carbocycles. The van der Waals surface area contributed by atoms with E-state index < -0.39 is 0 Å². The average molecular weight is 432 g/mol. The Morgan fingerprint density at radius 3 is 2.34 bits per heavy atom. The third kappa shape index (κ3) is 3.83. The molecule has 2 aliphatic heterocycles. The third-order valence-corrected chi connectivity index (χ3v) is 8.06. The lowest BCUT2D eigenvalue weighted by Gasteiger charge is -2.40. The lowest BCUT2D eigenvalue weighted by atomic mass is 9.85. The lowest BCUT2D eigenvalue weighted by molar-refractivity contribution is 0.0930. The van der Waals surface area contributed by atoms with Gasteiger partial charge in [0.25, 0.3) is 5.91 Å². The predicted molar refractivity (Wildman–Crippen MR) is 131 cm³/mol. The molecule has 4 heteroatoms. The molecule has 2 bridgehead atoms. The molecule has 2 aromatic rings. The number of likely N-dealkylation sites (N-methyl/N-ethyl adjacent to an activating group) is 1. The van der Waals surface area contributed by atoms with Crippen molar-refractivity contribution in [2.45, 2.75) is 76.4 Å². The van der Waals surface area contributed by atoms with Gasteiger partial charge in [0.15, 0.2) is 0 Å². The summed E-state index contributed by atoms with van der Waals surface area (Å²) in [5.74, 6) is 0.0557. The van der Waals surface area contributed by atoms with Gasteiger partial charge in [0.1, 0.15) is 0 Å². The fourth-order valence-corrected chi connectivity index (χ4v) is 5.55. The fourth-order valence-electron chi connectivity index (χ4n) is 5.55. The smallest absolute Gasteiger partial charge is 0.252 e. The standard InChI is InChI=1S/C28H37N3O/c1-19-9-10-22(31-17-23-11-12-24(18-31)30(23)5)16-25(19)26(32)29-28(13-14-28)21-8-6-7-20(15-21)27(2,3)4/h6-10,15-16,23-24H,11-14,17-18H2,1-5H3,(H,29,32). The Hall–Kier alpha value is -2.33. The molecule has 3 fully saturated rings. The van der Waals surface area contributed by atoms with E-state index in [1.807, 2.05) is 6.92 Å². The van der Waals surface area contributed by atoms with Crippen LogP contribution < -0.4 is 10.2 Å². The minimum absolute atomic E-state index is 0.0557. The van der Waals surface area contributed by atoms with E-state index in [0.29, 0.717) is 12.1 Å². The highest BCUT2D eigenvalue weighted by Gasteiger charge is 2.46. The van der Waals surface area contributed by atoms with Crippen LogP contribution in [0.1, 0.15) is 73.5 Å². The van der Waals surface area contributed by atoms with Crippen LogP contribution in [0.3, 0.4) is 0 Å². The molecule has 1 aliphatic carbocycles. The largest absolute Gasteiger partial charge is 0.368 e. The molecule has 1 saturated carbocycles. The molecular weight excluding hydrogens is 394 g/mol. The first-order valence-corrected chi connectivity index (χ1v) is 12.2. The van der Waals surface area contributed by atoms with Crippen molar-refractivity contribution in [2.75, 3.05) is 25.0 Å². The molecule has 32 heavy (non-hydrogen) atoms. The zero-order chi connectivity index (χ0) is 22.7. The Balaban J connectivity index is 1.37. The monoisotopic (exact) mass is 431 g/mol. The molecule has 1 amide bonds. The lowest BCUT2D eigenvalue weighted by Crippen LogP contribution is -2.52.